The molecule has 6 nitrogen and oxygen atoms in total. The van der Waals surface area contributed by atoms with Crippen molar-refractivity contribution in [2.75, 3.05) is 52.5 Å². The number of nitrogens with one attached hydrogen (secondary N) is 1. The molecule has 0 unspecified atom stereocenters. The number of piperidine rings is 1. The first-order chi connectivity index (χ1) is 11.1. The van der Waals surface area contributed by atoms with Crippen molar-refractivity contribution in [1.29, 1.82) is 0 Å². The zero-order chi connectivity index (χ0) is 16.7. The van der Waals surface area contributed by atoms with Gasteiger partial charge in [0.2, 0.25) is 11.8 Å². The van der Waals surface area contributed by atoms with Gasteiger partial charge in [-0.3, -0.25) is 14.5 Å². The zero-order valence-corrected chi connectivity index (χ0v) is 14.6. The van der Waals surface area contributed by atoms with Crippen LogP contribution in [0.5, 0.6) is 0 Å². The standard InChI is InChI=1S/C17H31N3O3/c1-14(2)13-16(21)20-6-3-15(4-7-20)17(22)18-5-8-19-9-11-23-12-10-19/h14-15H,3-13H2,1-2H3,(H,18,22). The van der Waals surface area contributed by atoms with E-state index in [-0.39, 0.29) is 17.7 Å². The lowest BCUT2D eigenvalue weighted by Crippen LogP contribution is -2.45. The lowest BCUT2D eigenvalue weighted by atomic mass is 9.95. The van der Waals surface area contributed by atoms with Crippen LogP contribution in [0.4, 0.5) is 0 Å². The largest absolute Gasteiger partial charge is 0.379 e. The predicted molar refractivity (Wildman–Crippen MR) is 89.0 cm³/mol. The van der Waals surface area contributed by atoms with Crippen LogP contribution in [0.3, 0.4) is 0 Å². The van der Waals surface area contributed by atoms with Crippen molar-refractivity contribution in [1.82, 2.24) is 15.1 Å². The van der Waals surface area contributed by atoms with Crippen LogP contribution < -0.4 is 5.32 Å². The van der Waals surface area contributed by atoms with Gasteiger partial charge in [0.15, 0.2) is 0 Å². The molecular formula is C17H31N3O3. The van der Waals surface area contributed by atoms with E-state index in [4.69, 9.17) is 4.74 Å². The molecule has 0 aromatic carbocycles. The lowest BCUT2D eigenvalue weighted by Gasteiger charge is -2.32. The number of ether oxygens (including phenoxy) is 1. The Morgan fingerprint density at radius 3 is 2.39 bits per heavy atom. The first-order valence-electron chi connectivity index (χ1n) is 8.92. The van der Waals surface area contributed by atoms with Gasteiger partial charge in [-0.25, -0.2) is 0 Å². The topological polar surface area (TPSA) is 61.9 Å². The van der Waals surface area contributed by atoms with Gasteiger partial charge < -0.3 is 15.0 Å². The molecule has 2 amide bonds. The summed E-state index contributed by atoms with van der Waals surface area (Å²) in [4.78, 5) is 28.5. The molecule has 1 N–H and O–H groups in total. The molecule has 0 aliphatic carbocycles. The Hall–Kier alpha value is -1.14. The number of carbonyl (C=O) groups is 2. The Morgan fingerprint density at radius 2 is 1.78 bits per heavy atom. The Bertz CT molecular complexity index is 387. The maximum atomic E-state index is 12.2. The number of likely N-dealkylation sites (tertiary alicyclic amines) is 1. The van der Waals surface area contributed by atoms with Crippen LogP contribution in [0.25, 0.3) is 0 Å². The van der Waals surface area contributed by atoms with E-state index >= 15 is 0 Å². The molecule has 2 heterocycles. The lowest BCUT2D eigenvalue weighted by molar-refractivity contribution is -0.136. The average molecular weight is 325 g/mol. The van der Waals surface area contributed by atoms with Gasteiger partial charge in [-0.05, 0) is 18.8 Å². The number of amides is 2. The third kappa shape index (κ3) is 6.11. The van der Waals surface area contributed by atoms with Crippen LogP contribution in [0, 0.1) is 11.8 Å². The van der Waals surface area contributed by atoms with Crippen LogP contribution in [0.2, 0.25) is 0 Å². The molecule has 23 heavy (non-hydrogen) atoms. The summed E-state index contributed by atoms with van der Waals surface area (Å²) in [6.45, 7) is 10.6. The van der Waals surface area contributed by atoms with Gasteiger partial charge in [0.25, 0.3) is 0 Å². The minimum atomic E-state index is 0.0581. The summed E-state index contributed by atoms with van der Waals surface area (Å²) in [6, 6.07) is 0. The second-order valence-electron chi connectivity index (χ2n) is 7.00. The fourth-order valence-electron chi connectivity index (χ4n) is 3.18. The second-order valence-corrected chi connectivity index (χ2v) is 7.00. The van der Waals surface area contributed by atoms with Crippen LogP contribution in [-0.2, 0) is 14.3 Å². The van der Waals surface area contributed by atoms with E-state index < -0.39 is 0 Å². The molecule has 0 bridgehead atoms. The van der Waals surface area contributed by atoms with Gasteiger partial charge in [0.05, 0.1) is 13.2 Å². The van der Waals surface area contributed by atoms with Crippen LogP contribution in [0.15, 0.2) is 0 Å². The number of nitrogens with zero attached hydrogens (tertiary/aromatic N) is 2. The number of hydrogen-bond donors (Lipinski definition) is 1. The molecule has 0 aromatic heterocycles. The van der Waals surface area contributed by atoms with E-state index in [1.54, 1.807) is 0 Å². The Morgan fingerprint density at radius 1 is 1.13 bits per heavy atom. The Kier molecular flexibility index (Phi) is 7.30. The molecular weight excluding hydrogens is 294 g/mol. The minimum Gasteiger partial charge on any atom is -0.379 e. The van der Waals surface area contributed by atoms with Crippen molar-refractivity contribution >= 4 is 11.8 Å². The Labute approximate surface area is 139 Å². The van der Waals surface area contributed by atoms with Crippen molar-refractivity contribution in [3.05, 3.63) is 0 Å². The summed E-state index contributed by atoms with van der Waals surface area (Å²) in [6.07, 6.45) is 2.18. The smallest absolute Gasteiger partial charge is 0.223 e. The van der Waals surface area contributed by atoms with Crippen molar-refractivity contribution < 1.29 is 14.3 Å². The number of morpholine rings is 1. The van der Waals surface area contributed by atoms with Gasteiger partial charge >= 0.3 is 0 Å². The molecule has 2 fully saturated rings. The monoisotopic (exact) mass is 325 g/mol. The van der Waals surface area contributed by atoms with Crippen molar-refractivity contribution in [3.8, 4) is 0 Å². The highest BCUT2D eigenvalue weighted by Gasteiger charge is 2.27. The van der Waals surface area contributed by atoms with Crippen LogP contribution in [0.1, 0.15) is 33.1 Å². The maximum absolute atomic E-state index is 12.2. The first-order valence-corrected chi connectivity index (χ1v) is 8.92. The molecule has 132 valence electrons. The fourth-order valence-corrected chi connectivity index (χ4v) is 3.18. The molecule has 6 heteroatoms. The Balaban J connectivity index is 1.62. The zero-order valence-electron chi connectivity index (χ0n) is 14.6. The highest BCUT2D eigenvalue weighted by Crippen LogP contribution is 2.19. The number of rotatable bonds is 6. The normalized spacial score (nSPS) is 20.7. The third-order valence-electron chi connectivity index (χ3n) is 4.63. The molecule has 0 spiro atoms. The van der Waals surface area contributed by atoms with Gasteiger partial charge in [0, 0.05) is 51.6 Å². The fraction of sp³-hybridized carbons (Fsp3) is 0.882. The summed E-state index contributed by atoms with van der Waals surface area (Å²) in [7, 11) is 0. The molecule has 2 rings (SSSR count). The summed E-state index contributed by atoms with van der Waals surface area (Å²) in [5.74, 6) is 0.826. The van der Waals surface area contributed by atoms with Gasteiger partial charge in [-0.2, -0.15) is 0 Å². The summed E-state index contributed by atoms with van der Waals surface area (Å²) >= 11 is 0. The summed E-state index contributed by atoms with van der Waals surface area (Å²) < 4.78 is 5.31. The highest BCUT2D eigenvalue weighted by molar-refractivity contribution is 5.80. The van der Waals surface area contributed by atoms with Crippen LogP contribution >= 0.6 is 0 Å². The molecule has 2 aliphatic rings. The van der Waals surface area contributed by atoms with E-state index in [2.05, 4.69) is 24.1 Å². The van der Waals surface area contributed by atoms with Crippen molar-refractivity contribution in [3.63, 3.8) is 0 Å². The SMILES string of the molecule is CC(C)CC(=O)N1CCC(C(=O)NCCN2CCOCC2)CC1. The van der Waals surface area contributed by atoms with E-state index in [1.165, 1.54) is 0 Å². The minimum absolute atomic E-state index is 0.0581. The van der Waals surface area contributed by atoms with Gasteiger partial charge in [-0.15, -0.1) is 0 Å². The molecule has 2 aliphatic heterocycles. The first kappa shape index (κ1) is 18.2. The number of hydrogen-bond acceptors (Lipinski definition) is 4. The molecule has 2 saturated heterocycles. The van der Waals surface area contributed by atoms with E-state index in [0.717, 1.165) is 45.7 Å². The number of carbonyl (C=O) groups excluding carboxylic acids is 2. The second kappa shape index (κ2) is 9.23. The summed E-state index contributed by atoms with van der Waals surface area (Å²) in [5, 5.41) is 3.05. The average Bonchev–Trinajstić information content (AvgIpc) is 2.55. The van der Waals surface area contributed by atoms with Crippen LogP contribution in [-0.4, -0.2) is 74.1 Å². The third-order valence-corrected chi connectivity index (χ3v) is 4.63. The van der Waals surface area contributed by atoms with E-state index in [9.17, 15) is 9.59 Å². The van der Waals surface area contributed by atoms with Gasteiger partial charge in [-0.1, -0.05) is 13.8 Å². The molecule has 0 radical (unpaired) electrons. The van der Waals surface area contributed by atoms with E-state index in [0.29, 0.717) is 32.0 Å². The predicted octanol–water partition coefficient (Wildman–Crippen LogP) is 0.720. The molecule has 0 atom stereocenters. The quantitative estimate of drug-likeness (QED) is 0.782. The van der Waals surface area contributed by atoms with Crippen molar-refractivity contribution in [2.45, 2.75) is 33.1 Å². The summed E-state index contributed by atoms with van der Waals surface area (Å²) in [5.41, 5.74) is 0. The molecule has 0 aromatic rings. The van der Waals surface area contributed by atoms with E-state index in [1.807, 2.05) is 4.90 Å². The molecule has 0 saturated carbocycles. The highest BCUT2D eigenvalue weighted by atomic mass is 16.5. The van der Waals surface area contributed by atoms with Gasteiger partial charge in [0.1, 0.15) is 0 Å². The van der Waals surface area contributed by atoms with Crippen molar-refractivity contribution in [2.24, 2.45) is 11.8 Å². The maximum Gasteiger partial charge on any atom is 0.223 e.